The first-order chi connectivity index (χ1) is 14.5. The largest absolute Gasteiger partial charge is 0.384 e. The zero-order chi connectivity index (χ0) is 21.1. The predicted molar refractivity (Wildman–Crippen MR) is 114 cm³/mol. The van der Waals surface area contributed by atoms with Crippen molar-refractivity contribution in [1.82, 2.24) is 24.8 Å². The van der Waals surface area contributed by atoms with Gasteiger partial charge in [0.2, 0.25) is 17.8 Å². The molecular formula is C20H26N8O2. The first-order valence-electron chi connectivity index (χ1n) is 10.0. The maximum atomic E-state index is 11.9. The summed E-state index contributed by atoms with van der Waals surface area (Å²) in [6.07, 6.45) is 3.05. The normalized spacial score (nSPS) is 17.2. The zero-order valence-electron chi connectivity index (χ0n) is 17.1. The highest BCUT2D eigenvalue weighted by Crippen LogP contribution is 2.25. The molecule has 0 saturated carbocycles. The van der Waals surface area contributed by atoms with E-state index in [1.54, 1.807) is 11.1 Å². The quantitative estimate of drug-likeness (QED) is 0.720. The van der Waals surface area contributed by atoms with Gasteiger partial charge in [-0.1, -0.05) is 6.58 Å². The Morgan fingerprint density at radius 3 is 2.30 bits per heavy atom. The minimum Gasteiger partial charge on any atom is -0.384 e. The number of nitrogens with zero attached hydrogens (tertiary/aromatic N) is 7. The van der Waals surface area contributed by atoms with Gasteiger partial charge < -0.3 is 25.2 Å². The van der Waals surface area contributed by atoms with Gasteiger partial charge in [0.15, 0.2) is 5.82 Å². The van der Waals surface area contributed by atoms with Crippen LogP contribution in [-0.4, -0.2) is 83.2 Å². The van der Waals surface area contributed by atoms with Crippen LogP contribution < -0.4 is 15.5 Å². The molecule has 0 atom stereocenters. The molecule has 2 aromatic rings. The third kappa shape index (κ3) is 4.18. The van der Waals surface area contributed by atoms with Crippen LogP contribution in [0.2, 0.25) is 0 Å². The molecule has 2 fully saturated rings. The number of piperazine rings is 1. The number of carbonyl (C=O) groups excluding carboxylic acids is 1. The van der Waals surface area contributed by atoms with Crippen LogP contribution in [0.1, 0.15) is 5.56 Å². The number of ether oxygens (including phenoxy) is 1. The summed E-state index contributed by atoms with van der Waals surface area (Å²) in [5, 5.41) is 0. The number of anilines is 3. The monoisotopic (exact) mass is 410 g/mol. The fourth-order valence-corrected chi connectivity index (χ4v) is 3.59. The average molecular weight is 410 g/mol. The Bertz CT molecular complexity index is 936. The second-order valence-corrected chi connectivity index (χ2v) is 7.30. The molecule has 0 spiro atoms. The smallest absolute Gasteiger partial charge is 0.246 e. The van der Waals surface area contributed by atoms with E-state index in [-0.39, 0.29) is 5.91 Å². The highest BCUT2D eigenvalue weighted by atomic mass is 16.5. The van der Waals surface area contributed by atoms with Crippen molar-refractivity contribution in [1.29, 1.82) is 0 Å². The number of nitrogens with two attached hydrogens (primary N) is 1. The van der Waals surface area contributed by atoms with E-state index >= 15 is 0 Å². The number of hydrogen-bond acceptors (Lipinski definition) is 9. The van der Waals surface area contributed by atoms with Crippen molar-refractivity contribution in [2.24, 2.45) is 0 Å². The van der Waals surface area contributed by atoms with Crippen LogP contribution in [0, 0.1) is 6.92 Å². The van der Waals surface area contributed by atoms with Gasteiger partial charge in [0.05, 0.1) is 13.2 Å². The van der Waals surface area contributed by atoms with Crippen LogP contribution in [-0.2, 0) is 9.53 Å². The summed E-state index contributed by atoms with van der Waals surface area (Å²) in [5.74, 6) is 2.20. The summed E-state index contributed by atoms with van der Waals surface area (Å²) < 4.78 is 5.47. The molecule has 2 aromatic heterocycles. The molecule has 30 heavy (non-hydrogen) atoms. The Balaban J connectivity index is 1.67. The Morgan fingerprint density at radius 1 is 1.07 bits per heavy atom. The lowest BCUT2D eigenvalue weighted by molar-refractivity contribution is -0.126. The van der Waals surface area contributed by atoms with Crippen LogP contribution in [0.3, 0.4) is 0 Å². The molecular weight excluding hydrogens is 384 g/mol. The van der Waals surface area contributed by atoms with E-state index < -0.39 is 0 Å². The number of amides is 1. The van der Waals surface area contributed by atoms with E-state index in [4.69, 9.17) is 25.4 Å². The number of nitrogen functional groups attached to an aromatic ring is 1. The van der Waals surface area contributed by atoms with Gasteiger partial charge >= 0.3 is 0 Å². The lowest BCUT2D eigenvalue weighted by atomic mass is 10.1. The van der Waals surface area contributed by atoms with Gasteiger partial charge in [0.25, 0.3) is 0 Å². The van der Waals surface area contributed by atoms with Crippen molar-refractivity contribution in [3.05, 3.63) is 30.5 Å². The number of pyridine rings is 1. The highest BCUT2D eigenvalue weighted by molar-refractivity contribution is 5.87. The van der Waals surface area contributed by atoms with Crippen LogP contribution in [0.5, 0.6) is 0 Å². The van der Waals surface area contributed by atoms with Crippen LogP contribution >= 0.6 is 0 Å². The van der Waals surface area contributed by atoms with Gasteiger partial charge in [-0.25, -0.2) is 4.98 Å². The summed E-state index contributed by atoms with van der Waals surface area (Å²) in [7, 11) is 0. The van der Waals surface area contributed by atoms with Gasteiger partial charge in [-0.3, -0.25) is 4.79 Å². The summed E-state index contributed by atoms with van der Waals surface area (Å²) in [6, 6.07) is 1.81. The number of aromatic nitrogens is 4. The van der Waals surface area contributed by atoms with E-state index in [0.717, 1.165) is 24.2 Å². The number of morpholine rings is 1. The van der Waals surface area contributed by atoms with Gasteiger partial charge in [-0.05, 0) is 24.6 Å². The lowest BCUT2D eigenvalue weighted by Gasteiger charge is -2.35. The summed E-state index contributed by atoms with van der Waals surface area (Å²) in [6.45, 7) is 10.7. The molecule has 10 heteroatoms. The minimum absolute atomic E-state index is 0.0523. The predicted octanol–water partition coefficient (Wildman–Crippen LogP) is 0.495. The molecule has 1 amide bonds. The molecule has 4 heterocycles. The number of rotatable bonds is 4. The van der Waals surface area contributed by atoms with Crippen LogP contribution in [0.25, 0.3) is 11.4 Å². The molecule has 2 saturated heterocycles. The van der Waals surface area contributed by atoms with Crippen molar-refractivity contribution >= 4 is 23.6 Å². The molecule has 2 aliphatic rings. The van der Waals surface area contributed by atoms with E-state index in [1.165, 1.54) is 6.08 Å². The fraction of sp³-hybridized carbons (Fsp3) is 0.450. The standard InChI is InChI=1S/C20H26N8O2/c1-3-17(29)26-4-6-27(7-5-26)19-23-18(15-13-22-16(21)12-14(15)2)24-20(25-19)28-8-10-30-11-9-28/h3,12-13H,1,4-11H2,2H3,(H2,21,22). The molecule has 10 nitrogen and oxygen atoms in total. The number of carbonyl (C=O) groups is 1. The molecule has 2 N–H and O–H groups in total. The Kier molecular flexibility index (Phi) is 5.75. The summed E-state index contributed by atoms with van der Waals surface area (Å²) in [5.41, 5.74) is 7.59. The van der Waals surface area contributed by atoms with Crippen molar-refractivity contribution in [2.75, 3.05) is 68.0 Å². The lowest BCUT2D eigenvalue weighted by Crippen LogP contribution is -2.49. The van der Waals surface area contributed by atoms with Crippen LogP contribution in [0.4, 0.5) is 17.7 Å². The third-order valence-electron chi connectivity index (χ3n) is 5.33. The zero-order valence-corrected chi connectivity index (χ0v) is 17.1. The second-order valence-electron chi connectivity index (χ2n) is 7.30. The maximum absolute atomic E-state index is 11.9. The summed E-state index contributed by atoms with van der Waals surface area (Å²) >= 11 is 0. The van der Waals surface area contributed by atoms with Gasteiger partial charge in [0, 0.05) is 51.0 Å². The molecule has 0 unspecified atom stereocenters. The minimum atomic E-state index is -0.0523. The molecule has 0 aliphatic carbocycles. The molecule has 0 bridgehead atoms. The van der Waals surface area contributed by atoms with Gasteiger partial charge in [-0.2, -0.15) is 15.0 Å². The Labute approximate surface area is 175 Å². The van der Waals surface area contributed by atoms with Crippen molar-refractivity contribution in [3.8, 4) is 11.4 Å². The Morgan fingerprint density at radius 2 is 1.70 bits per heavy atom. The average Bonchev–Trinajstić information content (AvgIpc) is 2.79. The fourth-order valence-electron chi connectivity index (χ4n) is 3.59. The molecule has 0 aromatic carbocycles. The van der Waals surface area contributed by atoms with E-state index in [9.17, 15) is 4.79 Å². The Hall–Kier alpha value is -3.27. The number of hydrogen-bond donors (Lipinski definition) is 1. The first kappa shape index (κ1) is 20.0. The highest BCUT2D eigenvalue weighted by Gasteiger charge is 2.24. The molecule has 2 aliphatic heterocycles. The first-order valence-corrected chi connectivity index (χ1v) is 10.0. The van der Waals surface area contributed by atoms with E-state index in [0.29, 0.717) is 62.9 Å². The van der Waals surface area contributed by atoms with Crippen molar-refractivity contribution in [3.63, 3.8) is 0 Å². The topological polar surface area (TPSA) is 114 Å². The summed E-state index contributed by atoms with van der Waals surface area (Å²) in [4.78, 5) is 36.3. The van der Waals surface area contributed by atoms with Crippen molar-refractivity contribution in [2.45, 2.75) is 6.92 Å². The SMILES string of the molecule is C=CC(=O)N1CCN(c2nc(-c3cnc(N)cc3C)nc(N3CCOCC3)n2)CC1. The number of aryl methyl sites for hydroxylation is 1. The van der Waals surface area contributed by atoms with Crippen molar-refractivity contribution < 1.29 is 9.53 Å². The second kappa shape index (κ2) is 8.62. The van der Waals surface area contributed by atoms with Gasteiger partial charge in [0.1, 0.15) is 5.82 Å². The van der Waals surface area contributed by atoms with E-state index in [2.05, 4.69) is 21.4 Å². The van der Waals surface area contributed by atoms with E-state index in [1.807, 2.05) is 13.0 Å². The molecule has 4 rings (SSSR count). The molecule has 158 valence electrons. The van der Waals surface area contributed by atoms with Crippen LogP contribution in [0.15, 0.2) is 24.9 Å². The van der Waals surface area contributed by atoms with Gasteiger partial charge in [-0.15, -0.1) is 0 Å². The maximum Gasteiger partial charge on any atom is 0.246 e. The third-order valence-corrected chi connectivity index (χ3v) is 5.33. The molecule has 0 radical (unpaired) electrons.